The lowest BCUT2D eigenvalue weighted by atomic mass is 9.98. The summed E-state index contributed by atoms with van der Waals surface area (Å²) in [5, 5.41) is 1.92. The number of fused-ring (bicyclic) bond motifs is 1. The molecule has 1 aliphatic heterocycles. The first-order chi connectivity index (χ1) is 15.7. The van der Waals surface area contributed by atoms with Crippen LogP contribution in [0.4, 0.5) is 13.2 Å². The maximum atomic E-state index is 13.5. The van der Waals surface area contributed by atoms with Gasteiger partial charge < -0.3 is 14.2 Å². The van der Waals surface area contributed by atoms with E-state index in [-0.39, 0.29) is 30.9 Å². The molecule has 33 heavy (non-hydrogen) atoms. The molecule has 1 aliphatic rings. The molecule has 1 aromatic carbocycles. The van der Waals surface area contributed by atoms with E-state index < -0.39 is 11.7 Å². The molecule has 0 N–H and O–H groups in total. The highest BCUT2D eigenvalue weighted by atomic mass is 79.9. The van der Waals surface area contributed by atoms with Crippen LogP contribution in [0.25, 0.3) is 10.2 Å². The fourth-order valence-corrected chi connectivity index (χ4v) is 5.82. The highest BCUT2D eigenvalue weighted by Gasteiger charge is 2.32. The number of hydrogen-bond donors (Lipinski definition) is 0. The highest BCUT2D eigenvalue weighted by Crippen LogP contribution is 2.35. The number of ether oxygens (including phenoxy) is 1. The van der Waals surface area contributed by atoms with Crippen LogP contribution in [-0.4, -0.2) is 41.0 Å². The first-order valence-corrected chi connectivity index (χ1v) is 12.2. The van der Waals surface area contributed by atoms with Gasteiger partial charge in [0.2, 0.25) is 0 Å². The van der Waals surface area contributed by atoms with Crippen LogP contribution in [0.2, 0.25) is 0 Å². The van der Waals surface area contributed by atoms with Gasteiger partial charge >= 0.3 is 12.1 Å². The average molecular weight is 543 g/mol. The van der Waals surface area contributed by atoms with Crippen molar-refractivity contribution in [3.8, 4) is 0 Å². The number of alkyl halides is 3. The molecule has 0 bridgehead atoms. The number of benzene rings is 1. The van der Waals surface area contributed by atoms with Crippen molar-refractivity contribution in [2.24, 2.45) is 5.92 Å². The fourth-order valence-electron chi connectivity index (χ4n) is 4.13. The van der Waals surface area contributed by atoms with Gasteiger partial charge in [-0.05, 0) is 59.5 Å². The third-order valence-electron chi connectivity index (χ3n) is 5.75. The second kappa shape index (κ2) is 9.50. The summed E-state index contributed by atoms with van der Waals surface area (Å²) in [5.41, 5.74) is 1.20. The highest BCUT2D eigenvalue weighted by molar-refractivity contribution is 9.10. The summed E-state index contributed by atoms with van der Waals surface area (Å²) in [5.74, 6) is -0.848. The monoisotopic (exact) mass is 542 g/mol. The molecular weight excluding hydrogens is 521 g/mol. The van der Waals surface area contributed by atoms with E-state index in [2.05, 4.69) is 15.9 Å². The number of amides is 1. The van der Waals surface area contributed by atoms with Crippen LogP contribution in [0.5, 0.6) is 0 Å². The molecule has 0 spiro atoms. The fraction of sp³-hybridized carbons (Fsp3) is 0.391. The van der Waals surface area contributed by atoms with E-state index in [1.165, 1.54) is 23.5 Å². The second-order valence-electron chi connectivity index (χ2n) is 7.95. The van der Waals surface area contributed by atoms with Crippen molar-refractivity contribution < 1.29 is 27.5 Å². The van der Waals surface area contributed by atoms with Crippen LogP contribution in [0.15, 0.2) is 40.2 Å². The number of halogens is 4. The van der Waals surface area contributed by atoms with E-state index in [1.807, 2.05) is 16.0 Å². The molecule has 1 amide bonds. The third kappa shape index (κ3) is 4.96. The van der Waals surface area contributed by atoms with Gasteiger partial charge in [-0.1, -0.05) is 12.1 Å². The van der Waals surface area contributed by atoms with Crippen LogP contribution in [0.1, 0.15) is 41.4 Å². The Bertz CT molecular complexity index is 1170. The van der Waals surface area contributed by atoms with Crippen LogP contribution in [0, 0.1) is 5.92 Å². The number of thiophene rings is 1. The molecule has 0 aliphatic carbocycles. The molecule has 10 heteroatoms. The van der Waals surface area contributed by atoms with Crippen molar-refractivity contribution in [3.63, 3.8) is 0 Å². The standard InChI is InChI=1S/C23H22BrF3N2O3S/c1-2-32-22(31)15-4-3-9-28(12-15)21(30)18-10-19-20(17(24)13-33-19)29(18)11-14-5-7-16(8-6-14)23(25,26)27/h5-8,10,13,15H,2-4,9,11-12H2,1H3. The van der Waals surface area contributed by atoms with Gasteiger partial charge in [-0.3, -0.25) is 9.59 Å². The van der Waals surface area contributed by atoms with Gasteiger partial charge in [-0.15, -0.1) is 11.3 Å². The van der Waals surface area contributed by atoms with E-state index in [4.69, 9.17) is 4.74 Å². The van der Waals surface area contributed by atoms with Gasteiger partial charge in [0.05, 0.1) is 32.8 Å². The molecule has 3 aromatic rings. The lowest BCUT2D eigenvalue weighted by Crippen LogP contribution is -2.43. The molecule has 3 heterocycles. The molecule has 4 rings (SSSR count). The Labute approximate surface area is 201 Å². The predicted octanol–water partition coefficient (Wildman–Crippen LogP) is 5.95. The minimum Gasteiger partial charge on any atom is -0.466 e. The lowest BCUT2D eigenvalue weighted by Gasteiger charge is -2.31. The van der Waals surface area contributed by atoms with E-state index in [0.717, 1.165) is 26.8 Å². The third-order valence-corrected chi connectivity index (χ3v) is 7.57. The molecule has 5 nitrogen and oxygen atoms in total. The minimum absolute atomic E-state index is 0.203. The smallest absolute Gasteiger partial charge is 0.416 e. The summed E-state index contributed by atoms with van der Waals surface area (Å²) in [7, 11) is 0. The average Bonchev–Trinajstić information content (AvgIpc) is 3.33. The van der Waals surface area contributed by atoms with Crippen LogP contribution >= 0.6 is 27.3 Å². The number of nitrogens with zero attached hydrogens (tertiary/aromatic N) is 2. The van der Waals surface area contributed by atoms with Crippen LogP contribution in [-0.2, 0) is 22.3 Å². The molecular formula is C23H22BrF3N2O3S. The van der Waals surface area contributed by atoms with E-state index in [1.54, 1.807) is 11.8 Å². The Kier molecular flexibility index (Phi) is 6.86. The number of rotatable bonds is 5. The number of piperidine rings is 1. The largest absolute Gasteiger partial charge is 0.466 e. The van der Waals surface area contributed by atoms with Gasteiger partial charge in [0.25, 0.3) is 5.91 Å². The SMILES string of the molecule is CCOC(=O)C1CCCN(C(=O)c2cc3scc(Br)c3n2Cc2ccc(C(F)(F)F)cc2)C1. The number of likely N-dealkylation sites (tertiary alicyclic amines) is 1. The Morgan fingerprint density at radius 3 is 2.64 bits per heavy atom. The zero-order chi connectivity index (χ0) is 23.8. The summed E-state index contributed by atoms with van der Waals surface area (Å²) in [6.45, 7) is 3.12. The summed E-state index contributed by atoms with van der Waals surface area (Å²) < 4.78 is 47.5. The summed E-state index contributed by atoms with van der Waals surface area (Å²) >= 11 is 5.01. The number of hydrogen-bond acceptors (Lipinski definition) is 4. The van der Waals surface area contributed by atoms with Gasteiger partial charge in [-0.25, -0.2) is 0 Å². The molecule has 0 saturated carbocycles. The molecule has 1 atom stereocenters. The minimum atomic E-state index is -4.40. The van der Waals surface area contributed by atoms with Crippen molar-refractivity contribution in [1.82, 2.24) is 9.47 Å². The molecule has 176 valence electrons. The molecule has 1 fully saturated rings. The van der Waals surface area contributed by atoms with Crippen LogP contribution in [0.3, 0.4) is 0 Å². The zero-order valence-electron chi connectivity index (χ0n) is 17.8. The molecule has 1 unspecified atom stereocenters. The maximum Gasteiger partial charge on any atom is 0.416 e. The normalized spacial score (nSPS) is 16.9. The van der Waals surface area contributed by atoms with E-state index in [0.29, 0.717) is 37.3 Å². The molecule has 1 saturated heterocycles. The maximum absolute atomic E-state index is 13.5. The van der Waals surface area contributed by atoms with Crippen molar-refractivity contribution in [2.75, 3.05) is 19.7 Å². The Morgan fingerprint density at radius 1 is 1.24 bits per heavy atom. The molecule has 0 radical (unpaired) electrons. The number of aromatic nitrogens is 1. The predicted molar refractivity (Wildman–Crippen MR) is 123 cm³/mol. The zero-order valence-corrected chi connectivity index (χ0v) is 20.2. The number of carbonyl (C=O) groups excluding carboxylic acids is 2. The van der Waals surface area contributed by atoms with Crippen molar-refractivity contribution in [1.29, 1.82) is 0 Å². The molecule has 2 aromatic heterocycles. The van der Waals surface area contributed by atoms with Crippen molar-refractivity contribution >= 4 is 49.4 Å². The number of carbonyl (C=O) groups is 2. The summed E-state index contributed by atoms with van der Waals surface area (Å²) in [4.78, 5) is 27.4. The van der Waals surface area contributed by atoms with Crippen LogP contribution < -0.4 is 0 Å². The van der Waals surface area contributed by atoms with Gasteiger partial charge in [0, 0.05) is 25.0 Å². The lowest BCUT2D eigenvalue weighted by molar-refractivity contribution is -0.149. The van der Waals surface area contributed by atoms with Crippen molar-refractivity contribution in [3.05, 3.63) is 57.0 Å². The Morgan fingerprint density at radius 2 is 1.97 bits per heavy atom. The van der Waals surface area contributed by atoms with Gasteiger partial charge in [0.1, 0.15) is 5.69 Å². The van der Waals surface area contributed by atoms with Gasteiger partial charge in [-0.2, -0.15) is 13.2 Å². The Hall–Kier alpha value is -2.33. The second-order valence-corrected chi connectivity index (χ2v) is 9.71. The summed E-state index contributed by atoms with van der Waals surface area (Å²) in [6, 6.07) is 6.77. The van der Waals surface area contributed by atoms with Crippen molar-refractivity contribution in [2.45, 2.75) is 32.5 Å². The first kappa shape index (κ1) is 23.8. The van der Waals surface area contributed by atoms with E-state index >= 15 is 0 Å². The Balaban J connectivity index is 1.64. The quantitative estimate of drug-likeness (QED) is 0.374. The van der Waals surface area contributed by atoms with Gasteiger partial charge in [0.15, 0.2) is 0 Å². The topological polar surface area (TPSA) is 51.5 Å². The first-order valence-electron chi connectivity index (χ1n) is 10.6. The van der Waals surface area contributed by atoms with E-state index in [9.17, 15) is 22.8 Å². The number of esters is 1. The summed E-state index contributed by atoms with van der Waals surface area (Å²) in [6.07, 6.45) is -3.02.